The van der Waals surface area contributed by atoms with Crippen LogP contribution in [0.15, 0.2) is 54.6 Å². The Labute approximate surface area is 163 Å². The van der Waals surface area contributed by atoms with Crippen molar-refractivity contribution in [2.75, 3.05) is 5.32 Å². The fraction of sp³-hybridized carbons (Fsp3) is 0.190. The smallest absolute Gasteiger partial charge is 0.270 e. The molecule has 0 saturated carbocycles. The zero-order valence-corrected chi connectivity index (χ0v) is 16.0. The van der Waals surface area contributed by atoms with Gasteiger partial charge in [-0.05, 0) is 42.7 Å². The molecule has 2 aromatic carbocycles. The highest BCUT2D eigenvalue weighted by molar-refractivity contribution is 6.31. The zero-order valence-electron chi connectivity index (χ0n) is 15.3. The number of aryl methyl sites for hydroxylation is 2. The number of carbonyl (C=O) groups excluding carboxylic acids is 1. The van der Waals surface area contributed by atoms with Crippen LogP contribution in [0, 0.1) is 6.92 Å². The maximum Gasteiger partial charge on any atom is 0.270 e. The number of halogens is 1. The Morgan fingerprint density at radius 1 is 1.04 bits per heavy atom. The van der Waals surface area contributed by atoms with Crippen LogP contribution in [0.4, 0.5) is 11.6 Å². The molecule has 5 nitrogen and oxygen atoms in total. The van der Waals surface area contributed by atoms with E-state index in [-0.39, 0.29) is 5.91 Å². The second kappa shape index (κ2) is 8.64. The first-order valence-corrected chi connectivity index (χ1v) is 9.17. The van der Waals surface area contributed by atoms with Gasteiger partial charge in [0.1, 0.15) is 5.69 Å². The summed E-state index contributed by atoms with van der Waals surface area (Å²) < 4.78 is 0. The number of carbonyl (C=O) groups is 1. The summed E-state index contributed by atoms with van der Waals surface area (Å²) >= 11 is 6.14. The predicted octanol–water partition coefficient (Wildman–Crippen LogP) is 4.67. The van der Waals surface area contributed by atoms with Crippen molar-refractivity contribution in [2.24, 2.45) is 0 Å². The Bertz CT molecular complexity index is 958. The summed E-state index contributed by atoms with van der Waals surface area (Å²) in [5.41, 5.74) is 3.98. The second-order valence-corrected chi connectivity index (χ2v) is 6.54. The predicted molar refractivity (Wildman–Crippen MR) is 108 cm³/mol. The van der Waals surface area contributed by atoms with Crippen LogP contribution >= 0.6 is 11.6 Å². The van der Waals surface area contributed by atoms with Crippen molar-refractivity contribution in [3.63, 3.8) is 0 Å². The molecule has 2 N–H and O–H groups in total. The van der Waals surface area contributed by atoms with Crippen LogP contribution in [0.3, 0.4) is 0 Å². The minimum Gasteiger partial charge on any atom is -0.347 e. The van der Waals surface area contributed by atoms with Crippen LogP contribution in [0.25, 0.3) is 0 Å². The molecule has 0 aliphatic heterocycles. The van der Waals surface area contributed by atoms with E-state index in [1.54, 1.807) is 12.1 Å². The standard InChI is InChI=1S/C21H21ClN4O/c1-3-15-8-5-7-11-18(15)25-21-24-14(2)12-19(26-21)20(27)23-13-16-9-4-6-10-17(16)22/h4-12H,3,13H2,1-2H3,(H,23,27)(H,24,25,26). The van der Waals surface area contributed by atoms with Crippen LogP contribution in [0.1, 0.15) is 34.2 Å². The highest BCUT2D eigenvalue weighted by Crippen LogP contribution is 2.20. The molecule has 3 aromatic rings. The van der Waals surface area contributed by atoms with Crippen molar-refractivity contribution in [3.05, 3.63) is 82.1 Å². The minimum absolute atomic E-state index is 0.271. The van der Waals surface area contributed by atoms with Gasteiger partial charge in [0.15, 0.2) is 0 Å². The van der Waals surface area contributed by atoms with Crippen molar-refractivity contribution in [1.29, 1.82) is 0 Å². The van der Waals surface area contributed by atoms with Gasteiger partial charge in [0.25, 0.3) is 5.91 Å². The van der Waals surface area contributed by atoms with Crippen LogP contribution in [0.5, 0.6) is 0 Å². The van der Waals surface area contributed by atoms with Gasteiger partial charge < -0.3 is 10.6 Å². The van der Waals surface area contributed by atoms with Crippen LogP contribution < -0.4 is 10.6 Å². The Balaban J connectivity index is 1.76. The van der Waals surface area contributed by atoms with Gasteiger partial charge in [0.05, 0.1) is 0 Å². The minimum atomic E-state index is -0.271. The molecular formula is C21H21ClN4O. The third kappa shape index (κ3) is 4.83. The van der Waals surface area contributed by atoms with Crippen molar-refractivity contribution >= 4 is 29.1 Å². The molecule has 0 aliphatic carbocycles. The number of aromatic nitrogens is 2. The summed E-state index contributed by atoms with van der Waals surface area (Å²) in [6, 6.07) is 17.1. The lowest BCUT2D eigenvalue weighted by Crippen LogP contribution is -2.24. The molecule has 3 rings (SSSR count). The lowest BCUT2D eigenvalue weighted by Gasteiger charge is -2.11. The fourth-order valence-corrected chi connectivity index (χ4v) is 2.92. The van der Waals surface area contributed by atoms with Gasteiger partial charge in [0.2, 0.25) is 5.95 Å². The molecule has 1 amide bonds. The van der Waals surface area contributed by atoms with E-state index in [9.17, 15) is 4.79 Å². The van der Waals surface area contributed by atoms with E-state index in [0.29, 0.717) is 28.9 Å². The SMILES string of the molecule is CCc1ccccc1Nc1nc(C)cc(C(=O)NCc2ccccc2Cl)n1. The quantitative estimate of drug-likeness (QED) is 0.651. The Hall–Kier alpha value is -2.92. The maximum absolute atomic E-state index is 12.5. The number of nitrogens with zero attached hydrogens (tertiary/aromatic N) is 2. The van der Waals surface area contributed by atoms with E-state index in [1.165, 1.54) is 0 Å². The van der Waals surface area contributed by atoms with Gasteiger partial charge in [-0.15, -0.1) is 0 Å². The summed E-state index contributed by atoms with van der Waals surface area (Å²) in [6.07, 6.45) is 0.889. The summed E-state index contributed by atoms with van der Waals surface area (Å²) in [5.74, 6) is 0.131. The van der Waals surface area contributed by atoms with Crippen molar-refractivity contribution in [2.45, 2.75) is 26.8 Å². The zero-order chi connectivity index (χ0) is 19.2. The van der Waals surface area contributed by atoms with E-state index < -0.39 is 0 Å². The molecule has 1 heterocycles. The molecule has 0 atom stereocenters. The lowest BCUT2D eigenvalue weighted by molar-refractivity contribution is 0.0946. The number of hydrogen-bond donors (Lipinski definition) is 2. The average molecular weight is 381 g/mol. The first-order valence-electron chi connectivity index (χ1n) is 8.79. The van der Waals surface area contributed by atoms with E-state index in [2.05, 4.69) is 33.6 Å². The molecule has 27 heavy (non-hydrogen) atoms. The molecule has 0 saturated heterocycles. The number of hydrogen-bond acceptors (Lipinski definition) is 4. The van der Waals surface area contributed by atoms with Crippen LogP contribution in [-0.4, -0.2) is 15.9 Å². The largest absolute Gasteiger partial charge is 0.347 e. The number of amides is 1. The Morgan fingerprint density at radius 3 is 2.48 bits per heavy atom. The van der Waals surface area contributed by atoms with E-state index in [0.717, 1.165) is 23.2 Å². The summed E-state index contributed by atoms with van der Waals surface area (Å²) in [4.78, 5) is 21.3. The van der Waals surface area contributed by atoms with E-state index in [4.69, 9.17) is 11.6 Å². The van der Waals surface area contributed by atoms with Gasteiger partial charge in [-0.3, -0.25) is 4.79 Å². The number of nitrogens with one attached hydrogen (secondary N) is 2. The summed E-state index contributed by atoms with van der Waals surface area (Å²) in [7, 11) is 0. The monoisotopic (exact) mass is 380 g/mol. The molecule has 0 aliphatic rings. The number of anilines is 2. The van der Waals surface area contributed by atoms with Gasteiger partial charge in [-0.25, -0.2) is 9.97 Å². The molecular weight excluding hydrogens is 360 g/mol. The molecule has 1 aromatic heterocycles. The van der Waals surface area contributed by atoms with Crippen LogP contribution in [0.2, 0.25) is 5.02 Å². The molecule has 0 bridgehead atoms. The molecule has 6 heteroatoms. The topological polar surface area (TPSA) is 66.9 Å². The molecule has 138 valence electrons. The van der Waals surface area contributed by atoms with Gasteiger partial charge in [-0.1, -0.05) is 54.9 Å². The third-order valence-electron chi connectivity index (χ3n) is 4.13. The highest BCUT2D eigenvalue weighted by Gasteiger charge is 2.12. The second-order valence-electron chi connectivity index (χ2n) is 6.13. The summed E-state index contributed by atoms with van der Waals surface area (Å²) in [6.45, 7) is 4.26. The van der Waals surface area contributed by atoms with E-state index in [1.807, 2.05) is 43.3 Å². The summed E-state index contributed by atoms with van der Waals surface area (Å²) in [5, 5.41) is 6.70. The van der Waals surface area contributed by atoms with Crippen molar-refractivity contribution in [1.82, 2.24) is 15.3 Å². The fourth-order valence-electron chi connectivity index (χ4n) is 2.72. The first kappa shape index (κ1) is 18.9. The van der Waals surface area contributed by atoms with Crippen molar-refractivity contribution in [3.8, 4) is 0 Å². The highest BCUT2D eigenvalue weighted by atomic mass is 35.5. The lowest BCUT2D eigenvalue weighted by atomic mass is 10.1. The van der Waals surface area contributed by atoms with Crippen molar-refractivity contribution < 1.29 is 4.79 Å². The molecule has 0 unspecified atom stereocenters. The third-order valence-corrected chi connectivity index (χ3v) is 4.50. The Kier molecular flexibility index (Phi) is 6.04. The number of para-hydroxylation sites is 1. The molecule has 0 radical (unpaired) electrons. The number of rotatable bonds is 6. The van der Waals surface area contributed by atoms with Crippen LogP contribution in [-0.2, 0) is 13.0 Å². The Morgan fingerprint density at radius 2 is 1.74 bits per heavy atom. The first-order chi connectivity index (χ1) is 13.1. The molecule has 0 fully saturated rings. The van der Waals surface area contributed by atoms with E-state index >= 15 is 0 Å². The van der Waals surface area contributed by atoms with Gasteiger partial charge >= 0.3 is 0 Å². The number of benzene rings is 2. The molecule has 0 spiro atoms. The average Bonchev–Trinajstić information content (AvgIpc) is 2.67. The normalized spacial score (nSPS) is 10.5. The van der Waals surface area contributed by atoms with Gasteiger partial charge in [-0.2, -0.15) is 0 Å². The maximum atomic E-state index is 12.5. The van der Waals surface area contributed by atoms with Gasteiger partial charge in [0, 0.05) is 22.9 Å².